The van der Waals surface area contributed by atoms with Gasteiger partial charge >= 0.3 is 0 Å². The first-order chi connectivity index (χ1) is 12.3. The quantitative estimate of drug-likeness (QED) is 0.315. The number of aliphatic imine (C=N–C) groups is 2. The second kappa shape index (κ2) is 20.6. The first kappa shape index (κ1) is 31.6. The van der Waals surface area contributed by atoms with Crippen LogP contribution >= 0.6 is 0 Å². The van der Waals surface area contributed by atoms with Gasteiger partial charge in [-0.2, -0.15) is 0 Å². The average Bonchev–Trinajstić information content (AvgIpc) is 2.46. The molecule has 27 heavy (non-hydrogen) atoms. The highest BCUT2D eigenvalue weighted by Crippen LogP contribution is 2.05. The van der Waals surface area contributed by atoms with Crippen LogP contribution in [0.15, 0.2) is 9.98 Å². The summed E-state index contributed by atoms with van der Waals surface area (Å²) in [6.45, 7) is 29.6. The van der Waals surface area contributed by atoms with E-state index in [2.05, 4.69) is 83.2 Å². The van der Waals surface area contributed by atoms with Crippen LogP contribution in [0.25, 0.3) is 0 Å². The summed E-state index contributed by atoms with van der Waals surface area (Å²) in [6, 6.07) is 4.64. The Kier molecular flexibility index (Phi) is 24.1. The van der Waals surface area contributed by atoms with Gasteiger partial charge in [0.1, 0.15) is 0 Å². The lowest BCUT2D eigenvalue weighted by Crippen LogP contribution is -2.36. The van der Waals surface area contributed by atoms with Gasteiger partial charge in [0.25, 0.3) is 0 Å². The molecule has 0 rings (SSSR count). The molecular formula is C23H52AlN3. The summed E-state index contributed by atoms with van der Waals surface area (Å²) in [5, 5.41) is 3.08. The van der Waals surface area contributed by atoms with Crippen LogP contribution in [-0.4, -0.2) is 56.8 Å². The molecule has 0 aliphatic carbocycles. The van der Waals surface area contributed by atoms with E-state index in [0.717, 1.165) is 18.4 Å². The minimum absolute atomic E-state index is 0.312. The molecule has 0 aliphatic rings. The van der Waals surface area contributed by atoms with Gasteiger partial charge < -0.3 is 0 Å². The van der Waals surface area contributed by atoms with Gasteiger partial charge in [0.2, 0.25) is 15.2 Å². The van der Waals surface area contributed by atoms with Gasteiger partial charge in [-0.05, 0) is 61.9 Å². The summed E-state index contributed by atoms with van der Waals surface area (Å²) in [4.78, 5) is 10.4. The maximum atomic E-state index is 3.95. The molecule has 0 fully saturated rings. The third kappa shape index (κ3) is 30.8. The van der Waals surface area contributed by atoms with Gasteiger partial charge in [-0.3, -0.25) is 4.90 Å². The van der Waals surface area contributed by atoms with Crippen molar-refractivity contribution in [2.24, 2.45) is 21.8 Å². The van der Waals surface area contributed by atoms with Gasteiger partial charge in [-0.1, -0.05) is 57.0 Å². The Hall–Kier alpha value is -0.128. The van der Waals surface area contributed by atoms with Gasteiger partial charge in [0.05, 0.1) is 18.1 Å². The lowest BCUT2D eigenvalue weighted by atomic mass is 10.2. The monoisotopic (exact) mass is 397 g/mol. The molecule has 162 valence electrons. The minimum atomic E-state index is 0.312. The summed E-state index contributed by atoms with van der Waals surface area (Å²) in [7, 11) is 0. The molecule has 0 atom stereocenters. The van der Waals surface area contributed by atoms with Gasteiger partial charge in [0, 0.05) is 12.1 Å². The van der Waals surface area contributed by atoms with Crippen molar-refractivity contribution in [2.45, 2.75) is 125 Å². The van der Waals surface area contributed by atoms with Crippen molar-refractivity contribution in [2.75, 3.05) is 6.54 Å². The van der Waals surface area contributed by atoms with Gasteiger partial charge in [-0.15, -0.1) is 0 Å². The summed E-state index contributed by atoms with van der Waals surface area (Å²) >= 11 is 0.316. The zero-order valence-corrected chi connectivity index (χ0v) is 22.5. The summed E-state index contributed by atoms with van der Waals surface area (Å²) < 4.78 is 0. The van der Waals surface area contributed by atoms with Crippen LogP contribution in [0.1, 0.15) is 90.0 Å². The highest BCUT2D eigenvalue weighted by atomic mass is 27.1. The average molecular weight is 398 g/mol. The summed E-state index contributed by atoms with van der Waals surface area (Å²) in [6.07, 6.45) is 0. The van der Waals surface area contributed by atoms with E-state index < -0.39 is 0 Å². The van der Waals surface area contributed by atoms with E-state index in [1.807, 2.05) is 27.7 Å². The summed E-state index contributed by atoms with van der Waals surface area (Å²) in [5.74, 6) is 1.91. The molecule has 0 aromatic carbocycles. The van der Waals surface area contributed by atoms with E-state index >= 15 is 0 Å². The highest BCUT2D eigenvalue weighted by molar-refractivity contribution is 6.35. The lowest BCUT2D eigenvalue weighted by Gasteiger charge is -2.28. The second-order valence-electron chi connectivity index (χ2n) is 9.28. The van der Waals surface area contributed by atoms with Crippen LogP contribution in [0.2, 0.25) is 10.6 Å². The molecule has 0 saturated carbocycles. The molecule has 0 radical (unpaired) electrons. The van der Waals surface area contributed by atoms with E-state index in [4.69, 9.17) is 0 Å². The number of nitrogens with zero attached hydrogens (tertiary/aromatic N) is 3. The first-order valence-electron chi connectivity index (χ1n) is 11.2. The van der Waals surface area contributed by atoms with Gasteiger partial charge in [-0.25, -0.2) is 9.98 Å². The van der Waals surface area contributed by atoms with Crippen LogP contribution in [-0.2, 0) is 0 Å². The Morgan fingerprint density at radius 1 is 0.667 bits per heavy atom. The summed E-state index contributed by atoms with van der Waals surface area (Å²) in [5.41, 5.74) is 0. The maximum Gasteiger partial charge on any atom is 0.237 e. The zero-order chi connectivity index (χ0) is 22.0. The molecule has 0 spiro atoms. The van der Waals surface area contributed by atoms with E-state index in [1.165, 1.54) is 10.6 Å². The van der Waals surface area contributed by atoms with Crippen molar-refractivity contribution in [3.63, 3.8) is 0 Å². The fourth-order valence-corrected chi connectivity index (χ4v) is 4.39. The van der Waals surface area contributed by atoms with Crippen LogP contribution < -0.4 is 0 Å². The fourth-order valence-electron chi connectivity index (χ4n) is 2.53. The Bertz CT molecular complexity index is 327. The van der Waals surface area contributed by atoms with Crippen LogP contribution in [0.3, 0.4) is 0 Å². The van der Waals surface area contributed by atoms with Crippen molar-refractivity contribution >= 4 is 21.2 Å². The first-order valence-corrected chi connectivity index (χ1v) is 13.2. The second-order valence-corrected chi connectivity index (χ2v) is 11.1. The SMILES string of the molecule is CC(C)N=C=NC(C)C.CC(C)[CH2][AlH][CH2]C(C)C.CCN(C(C)C)C(C)C. The third-order valence-corrected chi connectivity index (χ3v) is 7.01. The number of hydrogen-bond acceptors (Lipinski definition) is 3. The predicted molar refractivity (Wildman–Crippen MR) is 129 cm³/mol. The predicted octanol–water partition coefficient (Wildman–Crippen LogP) is 6.67. The largest absolute Gasteiger partial charge is 0.299 e. The number of hydrogen-bond donors (Lipinski definition) is 0. The van der Waals surface area contributed by atoms with E-state index in [9.17, 15) is 0 Å². The van der Waals surface area contributed by atoms with E-state index in [-0.39, 0.29) is 0 Å². The molecule has 0 heterocycles. The molecular weight excluding hydrogens is 345 g/mol. The molecule has 3 nitrogen and oxygen atoms in total. The van der Waals surface area contributed by atoms with E-state index in [0.29, 0.717) is 39.4 Å². The Balaban J connectivity index is -0.000000320. The van der Waals surface area contributed by atoms with Crippen LogP contribution in [0.4, 0.5) is 0 Å². The minimum Gasteiger partial charge on any atom is -0.299 e. The Morgan fingerprint density at radius 2 is 1.00 bits per heavy atom. The van der Waals surface area contributed by atoms with Crippen molar-refractivity contribution in [3.05, 3.63) is 0 Å². The van der Waals surface area contributed by atoms with Crippen LogP contribution in [0, 0.1) is 11.8 Å². The van der Waals surface area contributed by atoms with Gasteiger partial charge in [0.15, 0.2) is 0 Å². The Morgan fingerprint density at radius 3 is 1.15 bits per heavy atom. The lowest BCUT2D eigenvalue weighted by molar-refractivity contribution is 0.185. The maximum absolute atomic E-state index is 3.95. The fraction of sp³-hybridized carbons (Fsp3) is 0.957. The molecule has 0 aromatic rings. The third-order valence-electron chi connectivity index (χ3n) is 3.89. The van der Waals surface area contributed by atoms with E-state index in [1.54, 1.807) is 0 Å². The van der Waals surface area contributed by atoms with Crippen molar-refractivity contribution in [1.82, 2.24) is 4.90 Å². The molecule has 0 saturated heterocycles. The zero-order valence-electron chi connectivity index (χ0n) is 21.1. The Labute approximate surface area is 179 Å². The van der Waals surface area contributed by atoms with Crippen LogP contribution in [0.5, 0.6) is 0 Å². The molecule has 0 N–H and O–H groups in total. The van der Waals surface area contributed by atoms with Crippen molar-refractivity contribution in [1.29, 1.82) is 0 Å². The van der Waals surface area contributed by atoms with Crippen molar-refractivity contribution < 1.29 is 0 Å². The smallest absolute Gasteiger partial charge is 0.237 e. The highest BCUT2D eigenvalue weighted by Gasteiger charge is 2.09. The molecule has 0 unspecified atom stereocenters. The molecule has 0 bridgehead atoms. The topological polar surface area (TPSA) is 28.0 Å². The number of rotatable bonds is 9. The molecule has 0 aliphatic heterocycles. The molecule has 4 heteroatoms. The molecule has 0 amide bonds. The standard InChI is InChI=1S/C8H19N.C7H14N2.2C4H9.Al.H/c1-6-9(7(2)3)8(4)5;1-6(2)8-5-9-7(3)4;2*1-4(2)3;;/h7-8H,6H2,1-5H3;6-7H,1-4H3;2*4H,1H2,2-3H3;;. The molecule has 0 aromatic heterocycles. The normalized spacial score (nSPS) is 10.8. The van der Waals surface area contributed by atoms with Crippen molar-refractivity contribution in [3.8, 4) is 0 Å².